The Bertz CT molecular complexity index is 1040. The van der Waals surface area contributed by atoms with Crippen molar-refractivity contribution in [1.29, 1.82) is 0 Å². The number of nitrogens with zero attached hydrogens (tertiary/aromatic N) is 3. The summed E-state index contributed by atoms with van der Waals surface area (Å²) in [6.07, 6.45) is 0. The molecule has 0 atom stereocenters. The molecule has 0 aliphatic rings. The number of methoxy groups -OCH3 is 1. The number of phenols is 1. The van der Waals surface area contributed by atoms with Crippen LogP contribution in [0, 0.1) is 10.1 Å². The third-order valence-electron chi connectivity index (χ3n) is 3.53. The van der Waals surface area contributed by atoms with Crippen LogP contribution in [0.2, 0.25) is 5.28 Å². The normalized spacial score (nSPS) is 10.5. The molecule has 9 nitrogen and oxygen atoms in total. The summed E-state index contributed by atoms with van der Waals surface area (Å²) in [6, 6.07) is 8.28. The average molecular weight is 375 g/mol. The molecular formula is C16H11ClN4O5. The molecule has 2 aromatic carbocycles. The highest BCUT2D eigenvalue weighted by molar-refractivity contribution is 6.28. The molecule has 1 aromatic heterocycles. The maximum absolute atomic E-state index is 11.5. The molecule has 0 spiro atoms. The minimum atomic E-state index is -0.680. The summed E-state index contributed by atoms with van der Waals surface area (Å²) in [7, 11) is 1.20. The predicted molar refractivity (Wildman–Crippen MR) is 93.9 cm³/mol. The number of phenolic OH excluding ortho intramolecular Hbond substituents is 1. The lowest BCUT2D eigenvalue weighted by molar-refractivity contribution is -0.384. The summed E-state index contributed by atoms with van der Waals surface area (Å²) in [6.45, 7) is 0. The lowest BCUT2D eigenvalue weighted by atomic mass is 10.1. The molecule has 26 heavy (non-hydrogen) atoms. The number of hydrogen-bond donors (Lipinski definition) is 2. The summed E-state index contributed by atoms with van der Waals surface area (Å²) < 4.78 is 4.56. The van der Waals surface area contributed by atoms with Crippen LogP contribution in [0.3, 0.4) is 0 Å². The second-order valence-electron chi connectivity index (χ2n) is 5.15. The van der Waals surface area contributed by atoms with Crippen molar-refractivity contribution in [3.8, 4) is 5.75 Å². The Morgan fingerprint density at radius 3 is 2.69 bits per heavy atom. The molecule has 3 aromatic rings. The zero-order valence-electron chi connectivity index (χ0n) is 13.3. The van der Waals surface area contributed by atoms with Gasteiger partial charge in [-0.1, -0.05) is 0 Å². The van der Waals surface area contributed by atoms with Crippen LogP contribution in [0.4, 0.5) is 17.2 Å². The second-order valence-corrected chi connectivity index (χ2v) is 5.49. The molecule has 0 saturated heterocycles. The van der Waals surface area contributed by atoms with Crippen molar-refractivity contribution in [2.24, 2.45) is 0 Å². The van der Waals surface area contributed by atoms with E-state index in [0.29, 0.717) is 16.6 Å². The molecule has 3 rings (SSSR count). The minimum Gasteiger partial charge on any atom is -0.507 e. The molecule has 0 bridgehead atoms. The number of esters is 1. The second kappa shape index (κ2) is 6.81. The quantitative estimate of drug-likeness (QED) is 0.307. The Balaban J connectivity index is 2.05. The Morgan fingerprint density at radius 1 is 1.27 bits per heavy atom. The number of anilines is 2. The van der Waals surface area contributed by atoms with Gasteiger partial charge in [-0.05, 0) is 29.8 Å². The number of benzene rings is 2. The summed E-state index contributed by atoms with van der Waals surface area (Å²) >= 11 is 5.90. The molecule has 0 radical (unpaired) electrons. The van der Waals surface area contributed by atoms with E-state index in [1.807, 2.05) is 0 Å². The van der Waals surface area contributed by atoms with E-state index in [1.54, 1.807) is 0 Å². The van der Waals surface area contributed by atoms with Crippen molar-refractivity contribution in [3.05, 3.63) is 57.4 Å². The number of aromatic nitrogens is 2. The topological polar surface area (TPSA) is 127 Å². The van der Waals surface area contributed by atoms with Crippen molar-refractivity contribution >= 4 is 45.7 Å². The van der Waals surface area contributed by atoms with Gasteiger partial charge in [0.2, 0.25) is 5.28 Å². The molecule has 0 aliphatic carbocycles. The van der Waals surface area contributed by atoms with Crippen molar-refractivity contribution < 1.29 is 19.6 Å². The maximum atomic E-state index is 11.5. The third kappa shape index (κ3) is 3.33. The number of hydrogen-bond acceptors (Lipinski definition) is 8. The van der Waals surface area contributed by atoms with Gasteiger partial charge in [0.25, 0.3) is 5.69 Å². The first-order chi connectivity index (χ1) is 12.4. The van der Waals surface area contributed by atoms with Gasteiger partial charge < -0.3 is 15.2 Å². The van der Waals surface area contributed by atoms with E-state index in [4.69, 9.17) is 11.6 Å². The number of nitrogens with one attached hydrogen (secondary N) is 1. The number of nitro groups is 1. The summed E-state index contributed by atoms with van der Waals surface area (Å²) in [5.41, 5.74) is 0.667. The van der Waals surface area contributed by atoms with Crippen LogP contribution >= 0.6 is 11.6 Å². The first kappa shape index (κ1) is 17.4. The molecule has 10 heteroatoms. The van der Waals surface area contributed by atoms with Crippen molar-refractivity contribution in [1.82, 2.24) is 9.97 Å². The van der Waals surface area contributed by atoms with Crippen LogP contribution in [0.1, 0.15) is 10.4 Å². The predicted octanol–water partition coefficient (Wildman–Crippen LogP) is 3.43. The molecular weight excluding hydrogens is 364 g/mol. The van der Waals surface area contributed by atoms with E-state index in [1.165, 1.54) is 43.5 Å². The van der Waals surface area contributed by atoms with Gasteiger partial charge in [0.1, 0.15) is 17.1 Å². The van der Waals surface area contributed by atoms with Crippen LogP contribution in [-0.4, -0.2) is 33.1 Å². The molecule has 0 unspecified atom stereocenters. The molecule has 0 fully saturated rings. The van der Waals surface area contributed by atoms with E-state index in [-0.39, 0.29) is 28.1 Å². The number of rotatable bonds is 4. The highest BCUT2D eigenvalue weighted by Gasteiger charge is 2.15. The van der Waals surface area contributed by atoms with Gasteiger partial charge in [0.15, 0.2) is 0 Å². The minimum absolute atomic E-state index is 0.000680. The van der Waals surface area contributed by atoms with Gasteiger partial charge in [-0.2, -0.15) is 4.98 Å². The van der Waals surface area contributed by atoms with Crippen LogP contribution < -0.4 is 5.32 Å². The molecule has 0 aliphatic heterocycles. The maximum Gasteiger partial charge on any atom is 0.341 e. The largest absolute Gasteiger partial charge is 0.507 e. The van der Waals surface area contributed by atoms with Crippen LogP contribution in [-0.2, 0) is 4.74 Å². The Hall–Kier alpha value is -3.46. The van der Waals surface area contributed by atoms with E-state index in [0.717, 1.165) is 0 Å². The number of nitro benzene ring substituents is 1. The number of carbonyl (C=O) groups excluding carboxylic acids is 1. The van der Waals surface area contributed by atoms with Gasteiger partial charge >= 0.3 is 5.97 Å². The standard InChI is InChI=1S/C16H11ClN4O5/c1-26-15(23)10-4-2-8(6-13(10)22)18-14-11-7-9(21(24)25)3-5-12(11)19-16(17)20-14/h2-7,22H,1H3,(H,18,19,20). The first-order valence-corrected chi connectivity index (χ1v) is 7.57. The Labute approximate surface area is 151 Å². The number of carbonyl (C=O) groups is 1. The lowest BCUT2D eigenvalue weighted by Gasteiger charge is -2.10. The molecule has 0 amide bonds. The van der Waals surface area contributed by atoms with E-state index >= 15 is 0 Å². The van der Waals surface area contributed by atoms with Gasteiger partial charge in [-0.3, -0.25) is 10.1 Å². The fraction of sp³-hybridized carbons (Fsp3) is 0.0625. The lowest BCUT2D eigenvalue weighted by Crippen LogP contribution is -2.02. The third-order valence-corrected chi connectivity index (χ3v) is 3.70. The van der Waals surface area contributed by atoms with Crippen molar-refractivity contribution in [2.45, 2.75) is 0 Å². The number of non-ortho nitro benzene ring substituents is 1. The van der Waals surface area contributed by atoms with Gasteiger partial charge in [0, 0.05) is 29.3 Å². The van der Waals surface area contributed by atoms with Crippen molar-refractivity contribution in [3.63, 3.8) is 0 Å². The molecule has 0 saturated carbocycles. The summed E-state index contributed by atoms with van der Waals surface area (Å²) in [4.78, 5) is 30.1. The average Bonchev–Trinajstić information content (AvgIpc) is 2.60. The Morgan fingerprint density at radius 2 is 2.04 bits per heavy atom. The zero-order chi connectivity index (χ0) is 18.8. The number of fused-ring (bicyclic) bond motifs is 1. The fourth-order valence-electron chi connectivity index (χ4n) is 2.33. The number of halogens is 1. The molecule has 1 heterocycles. The van der Waals surface area contributed by atoms with E-state index < -0.39 is 10.9 Å². The number of ether oxygens (including phenoxy) is 1. The van der Waals surface area contributed by atoms with Crippen molar-refractivity contribution in [2.75, 3.05) is 12.4 Å². The smallest absolute Gasteiger partial charge is 0.341 e. The fourth-order valence-corrected chi connectivity index (χ4v) is 2.50. The van der Waals surface area contributed by atoms with Crippen LogP contribution in [0.5, 0.6) is 5.75 Å². The first-order valence-electron chi connectivity index (χ1n) is 7.19. The van der Waals surface area contributed by atoms with Crippen LogP contribution in [0.15, 0.2) is 36.4 Å². The highest BCUT2D eigenvalue weighted by Crippen LogP contribution is 2.30. The Kier molecular flexibility index (Phi) is 4.55. The number of aromatic hydroxyl groups is 1. The van der Waals surface area contributed by atoms with Crippen LogP contribution in [0.25, 0.3) is 10.9 Å². The molecule has 132 valence electrons. The summed E-state index contributed by atoms with van der Waals surface area (Å²) in [5.74, 6) is -0.758. The zero-order valence-corrected chi connectivity index (χ0v) is 14.0. The van der Waals surface area contributed by atoms with Gasteiger partial charge in [-0.15, -0.1) is 0 Å². The SMILES string of the molecule is COC(=O)c1ccc(Nc2nc(Cl)nc3ccc([N+](=O)[O-])cc23)cc1O. The highest BCUT2D eigenvalue weighted by atomic mass is 35.5. The molecule has 2 N–H and O–H groups in total. The summed E-state index contributed by atoms with van der Waals surface area (Å²) in [5, 5.41) is 24.2. The van der Waals surface area contributed by atoms with Gasteiger partial charge in [-0.25, -0.2) is 9.78 Å². The van der Waals surface area contributed by atoms with E-state index in [9.17, 15) is 20.0 Å². The van der Waals surface area contributed by atoms with E-state index in [2.05, 4.69) is 20.0 Å². The monoisotopic (exact) mass is 374 g/mol. The van der Waals surface area contributed by atoms with Gasteiger partial charge in [0.05, 0.1) is 17.5 Å².